The van der Waals surface area contributed by atoms with Crippen LogP contribution < -0.4 is 5.32 Å². The predicted octanol–water partition coefficient (Wildman–Crippen LogP) is 0.368. The van der Waals surface area contributed by atoms with Gasteiger partial charge in [0.2, 0.25) is 11.8 Å². The molecule has 1 aliphatic carbocycles. The van der Waals surface area contributed by atoms with Gasteiger partial charge in [-0.05, 0) is 32.1 Å². The van der Waals surface area contributed by atoms with Crippen molar-refractivity contribution in [3.63, 3.8) is 0 Å². The van der Waals surface area contributed by atoms with Crippen molar-refractivity contribution in [2.24, 2.45) is 5.41 Å². The van der Waals surface area contributed by atoms with Crippen LogP contribution in [0.25, 0.3) is 0 Å². The molecule has 1 saturated heterocycles. The number of likely N-dealkylation sites (N-methyl/N-ethyl adjacent to an activating group) is 1. The Morgan fingerprint density at radius 3 is 2.37 bits per heavy atom. The van der Waals surface area contributed by atoms with Crippen LogP contribution in [-0.4, -0.2) is 47.4 Å². The van der Waals surface area contributed by atoms with E-state index in [1.54, 1.807) is 0 Å². The number of aliphatic carboxylic acids is 1. The monoisotopic (exact) mass is 268 g/mol. The maximum Gasteiger partial charge on any atom is 0.319 e. The van der Waals surface area contributed by atoms with Gasteiger partial charge in [-0.1, -0.05) is 6.42 Å². The molecule has 0 spiro atoms. The van der Waals surface area contributed by atoms with Crippen molar-refractivity contribution in [3.05, 3.63) is 0 Å². The second-order valence-electron chi connectivity index (χ2n) is 5.37. The second-order valence-corrected chi connectivity index (χ2v) is 5.37. The highest BCUT2D eigenvalue weighted by atomic mass is 16.4. The normalized spacial score (nSPS) is 25.3. The molecule has 1 heterocycles. The summed E-state index contributed by atoms with van der Waals surface area (Å²) in [5, 5.41) is 11.9. The summed E-state index contributed by atoms with van der Waals surface area (Å²) in [6.45, 7) is 0.478. The first-order chi connectivity index (χ1) is 9.03. The largest absolute Gasteiger partial charge is 0.480 e. The Bertz CT molecular complexity index is 403. The third-order valence-corrected chi connectivity index (χ3v) is 4.34. The minimum absolute atomic E-state index is 0.201. The summed E-state index contributed by atoms with van der Waals surface area (Å²) in [5.41, 5.74) is -1.27. The number of hydrogen-bond acceptors (Lipinski definition) is 3. The molecule has 1 unspecified atom stereocenters. The van der Waals surface area contributed by atoms with E-state index in [4.69, 9.17) is 0 Å². The fourth-order valence-corrected chi connectivity index (χ4v) is 2.94. The molecule has 2 amide bonds. The molecule has 1 aliphatic heterocycles. The van der Waals surface area contributed by atoms with Gasteiger partial charge in [0.25, 0.3) is 0 Å². The van der Waals surface area contributed by atoms with Crippen LogP contribution in [0.15, 0.2) is 0 Å². The van der Waals surface area contributed by atoms with Gasteiger partial charge in [-0.15, -0.1) is 0 Å². The molecule has 2 aliphatic rings. The van der Waals surface area contributed by atoms with Gasteiger partial charge in [0.05, 0.1) is 0 Å². The molecule has 2 fully saturated rings. The Morgan fingerprint density at radius 1 is 1.21 bits per heavy atom. The quantitative estimate of drug-likeness (QED) is 0.724. The maximum absolute atomic E-state index is 12.5. The number of hydrogen-bond donors (Lipinski definition) is 2. The Morgan fingerprint density at radius 2 is 1.89 bits per heavy atom. The first-order valence-corrected chi connectivity index (χ1v) is 6.79. The molecule has 106 valence electrons. The lowest BCUT2D eigenvalue weighted by molar-refractivity contribution is -0.170. The molecule has 1 atom stereocenters. The van der Waals surface area contributed by atoms with E-state index in [0.717, 1.165) is 19.3 Å². The van der Waals surface area contributed by atoms with Crippen LogP contribution in [0.4, 0.5) is 0 Å². The zero-order valence-electron chi connectivity index (χ0n) is 11.1. The number of carbonyl (C=O) groups is 3. The highest BCUT2D eigenvalue weighted by molar-refractivity contribution is 6.04. The van der Waals surface area contributed by atoms with Crippen molar-refractivity contribution in [2.75, 3.05) is 13.6 Å². The number of amides is 2. The predicted molar refractivity (Wildman–Crippen MR) is 67.3 cm³/mol. The standard InChI is InChI=1S/C13H20N2O4/c1-14-10(16)9-5-2-3-8-15(9)11(17)13(12(18)19)6-4-7-13/h9H,2-8H2,1H3,(H,14,16)(H,18,19). The number of piperidine rings is 1. The van der Waals surface area contributed by atoms with Crippen molar-refractivity contribution >= 4 is 17.8 Å². The van der Waals surface area contributed by atoms with Crippen LogP contribution in [0.5, 0.6) is 0 Å². The van der Waals surface area contributed by atoms with Crippen LogP contribution in [-0.2, 0) is 14.4 Å². The molecule has 6 heteroatoms. The minimum Gasteiger partial charge on any atom is -0.480 e. The van der Waals surface area contributed by atoms with Crippen molar-refractivity contribution < 1.29 is 19.5 Å². The van der Waals surface area contributed by atoms with E-state index in [2.05, 4.69) is 5.32 Å². The van der Waals surface area contributed by atoms with Crippen LogP contribution in [0.1, 0.15) is 38.5 Å². The van der Waals surface area contributed by atoms with E-state index in [0.29, 0.717) is 25.8 Å². The van der Waals surface area contributed by atoms with E-state index >= 15 is 0 Å². The van der Waals surface area contributed by atoms with E-state index in [9.17, 15) is 19.5 Å². The third-order valence-electron chi connectivity index (χ3n) is 4.34. The van der Waals surface area contributed by atoms with E-state index in [1.165, 1.54) is 11.9 Å². The van der Waals surface area contributed by atoms with Gasteiger partial charge >= 0.3 is 5.97 Å². The third kappa shape index (κ3) is 2.19. The van der Waals surface area contributed by atoms with Gasteiger partial charge in [0, 0.05) is 13.6 Å². The molecule has 0 aromatic heterocycles. The number of carbonyl (C=O) groups excluding carboxylic acids is 2. The average molecular weight is 268 g/mol. The summed E-state index contributed by atoms with van der Waals surface area (Å²) in [6, 6.07) is -0.511. The summed E-state index contributed by atoms with van der Waals surface area (Å²) in [7, 11) is 1.54. The molecule has 6 nitrogen and oxygen atoms in total. The van der Waals surface area contributed by atoms with E-state index in [1.807, 2.05) is 0 Å². The first-order valence-electron chi connectivity index (χ1n) is 6.79. The Kier molecular flexibility index (Phi) is 3.78. The molecular formula is C13H20N2O4. The van der Waals surface area contributed by atoms with E-state index < -0.39 is 17.4 Å². The molecule has 2 rings (SSSR count). The lowest BCUT2D eigenvalue weighted by Gasteiger charge is -2.43. The summed E-state index contributed by atoms with van der Waals surface area (Å²) in [5.74, 6) is -1.63. The fourth-order valence-electron chi connectivity index (χ4n) is 2.94. The Balaban J connectivity index is 2.20. The van der Waals surface area contributed by atoms with Crippen LogP contribution in [0, 0.1) is 5.41 Å². The van der Waals surface area contributed by atoms with Gasteiger partial charge < -0.3 is 15.3 Å². The molecule has 1 saturated carbocycles. The number of likely N-dealkylation sites (tertiary alicyclic amines) is 1. The van der Waals surface area contributed by atoms with Gasteiger partial charge in [-0.3, -0.25) is 14.4 Å². The van der Waals surface area contributed by atoms with Gasteiger partial charge in [-0.2, -0.15) is 0 Å². The molecule has 0 radical (unpaired) electrons. The molecule has 0 aromatic rings. The summed E-state index contributed by atoms with van der Waals surface area (Å²) < 4.78 is 0. The second kappa shape index (κ2) is 5.19. The number of carboxylic acids is 1. The summed E-state index contributed by atoms with van der Waals surface area (Å²) in [6.07, 6.45) is 3.87. The maximum atomic E-state index is 12.5. The fraction of sp³-hybridized carbons (Fsp3) is 0.769. The Labute approximate surface area is 112 Å². The van der Waals surface area contributed by atoms with Crippen molar-refractivity contribution in [3.8, 4) is 0 Å². The molecule has 2 N–H and O–H groups in total. The van der Waals surface area contributed by atoms with Crippen LogP contribution >= 0.6 is 0 Å². The first kappa shape index (κ1) is 13.8. The smallest absolute Gasteiger partial charge is 0.319 e. The van der Waals surface area contributed by atoms with Crippen molar-refractivity contribution in [2.45, 2.75) is 44.6 Å². The Hall–Kier alpha value is -1.59. The molecule has 0 bridgehead atoms. The summed E-state index contributed by atoms with van der Waals surface area (Å²) in [4.78, 5) is 37.2. The zero-order valence-corrected chi connectivity index (χ0v) is 11.1. The van der Waals surface area contributed by atoms with Crippen LogP contribution in [0.3, 0.4) is 0 Å². The van der Waals surface area contributed by atoms with Gasteiger partial charge in [0.1, 0.15) is 11.5 Å². The topological polar surface area (TPSA) is 86.7 Å². The molecule has 19 heavy (non-hydrogen) atoms. The summed E-state index contributed by atoms with van der Waals surface area (Å²) >= 11 is 0. The van der Waals surface area contributed by atoms with Gasteiger partial charge in [0.15, 0.2) is 0 Å². The van der Waals surface area contributed by atoms with Gasteiger partial charge in [-0.25, -0.2) is 0 Å². The zero-order chi connectivity index (χ0) is 14.0. The highest BCUT2D eigenvalue weighted by Crippen LogP contribution is 2.43. The SMILES string of the molecule is CNC(=O)C1CCCCN1C(=O)C1(C(=O)O)CCC1. The molecule has 0 aromatic carbocycles. The van der Waals surface area contributed by atoms with Crippen molar-refractivity contribution in [1.29, 1.82) is 0 Å². The number of nitrogens with zero attached hydrogens (tertiary/aromatic N) is 1. The number of nitrogens with one attached hydrogen (secondary N) is 1. The average Bonchev–Trinajstić information content (AvgIpc) is 2.36. The lowest BCUT2D eigenvalue weighted by atomic mass is 9.67. The highest BCUT2D eigenvalue weighted by Gasteiger charge is 2.54. The lowest BCUT2D eigenvalue weighted by Crippen LogP contribution is -2.59. The van der Waals surface area contributed by atoms with Crippen molar-refractivity contribution in [1.82, 2.24) is 10.2 Å². The number of carboxylic acid groups (broad SMARTS) is 1. The molecular weight excluding hydrogens is 248 g/mol. The number of rotatable bonds is 3. The minimum atomic E-state index is -1.27. The van der Waals surface area contributed by atoms with E-state index in [-0.39, 0.29) is 11.8 Å². The van der Waals surface area contributed by atoms with Crippen LogP contribution in [0.2, 0.25) is 0 Å².